The molecule has 4 rings (SSSR count). The minimum atomic E-state index is -0.790. The summed E-state index contributed by atoms with van der Waals surface area (Å²) in [6.45, 7) is 3.42. The summed E-state index contributed by atoms with van der Waals surface area (Å²) in [5.41, 5.74) is 4.70. The van der Waals surface area contributed by atoms with Crippen molar-refractivity contribution in [3.63, 3.8) is 0 Å². The number of likely N-dealkylation sites (tertiary alicyclic amines) is 1. The van der Waals surface area contributed by atoms with Crippen molar-refractivity contribution in [3.8, 4) is 11.1 Å². The highest BCUT2D eigenvalue weighted by Crippen LogP contribution is 2.44. The van der Waals surface area contributed by atoms with Gasteiger partial charge in [0, 0.05) is 32.0 Å². The van der Waals surface area contributed by atoms with Gasteiger partial charge in [0.15, 0.2) is 0 Å². The van der Waals surface area contributed by atoms with Crippen LogP contribution < -0.4 is 5.32 Å². The zero-order chi connectivity index (χ0) is 23.4. The van der Waals surface area contributed by atoms with Gasteiger partial charge in [0.1, 0.15) is 6.61 Å². The predicted octanol–water partition coefficient (Wildman–Crippen LogP) is 3.87. The van der Waals surface area contributed by atoms with E-state index in [2.05, 4.69) is 29.6 Å². The number of alkyl carbamates (subject to hydrolysis) is 1. The summed E-state index contributed by atoms with van der Waals surface area (Å²) in [6, 6.07) is 16.4. The van der Waals surface area contributed by atoms with E-state index in [1.807, 2.05) is 31.2 Å². The monoisotopic (exact) mass is 450 g/mol. The van der Waals surface area contributed by atoms with Gasteiger partial charge in [-0.1, -0.05) is 55.5 Å². The second-order valence-corrected chi connectivity index (χ2v) is 8.91. The highest BCUT2D eigenvalue weighted by Gasteiger charge is 2.33. The van der Waals surface area contributed by atoms with Gasteiger partial charge >= 0.3 is 12.1 Å². The zero-order valence-corrected chi connectivity index (χ0v) is 18.8. The van der Waals surface area contributed by atoms with E-state index in [4.69, 9.17) is 4.74 Å². The Balaban J connectivity index is 1.20. The summed E-state index contributed by atoms with van der Waals surface area (Å²) in [5, 5.41) is 11.9. The summed E-state index contributed by atoms with van der Waals surface area (Å²) >= 11 is 0. The molecule has 1 fully saturated rings. The molecule has 2 aliphatic rings. The van der Waals surface area contributed by atoms with Crippen molar-refractivity contribution in [2.75, 3.05) is 26.2 Å². The van der Waals surface area contributed by atoms with Gasteiger partial charge in [-0.2, -0.15) is 0 Å². The van der Waals surface area contributed by atoms with Crippen LogP contribution in [0, 0.1) is 11.8 Å². The lowest BCUT2D eigenvalue weighted by molar-refractivity contribution is -0.148. The van der Waals surface area contributed by atoms with Gasteiger partial charge in [0.05, 0.1) is 5.92 Å². The molecule has 7 nitrogen and oxygen atoms in total. The van der Waals surface area contributed by atoms with E-state index in [1.54, 1.807) is 4.90 Å². The molecule has 1 aliphatic carbocycles. The van der Waals surface area contributed by atoms with Crippen molar-refractivity contribution in [1.82, 2.24) is 10.2 Å². The van der Waals surface area contributed by atoms with Gasteiger partial charge in [0.25, 0.3) is 0 Å². The van der Waals surface area contributed by atoms with Crippen LogP contribution in [0.1, 0.15) is 43.2 Å². The molecule has 2 aromatic carbocycles. The van der Waals surface area contributed by atoms with E-state index in [1.165, 1.54) is 11.1 Å². The number of amides is 2. The number of hydrogen-bond donors (Lipinski definition) is 2. The molecule has 2 aromatic rings. The van der Waals surface area contributed by atoms with E-state index in [0.29, 0.717) is 38.9 Å². The normalized spacial score (nSPS) is 19.5. The standard InChI is InChI=1S/C26H30N2O5/c1-17-15-28(14-12-18(17)25(30)31)24(29)11-6-13-27-26(32)33-16-23-21-9-4-2-7-19(21)20-8-3-5-10-22(20)23/h2-5,7-10,17-18,23H,6,11-16H2,1H3,(H,27,32)(H,30,31). The molecule has 2 N–H and O–H groups in total. The number of carboxylic acids is 1. The molecular weight excluding hydrogens is 420 g/mol. The van der Waals surface area contributed by atoms with Crippen molar-refractivity contribution in [2.24, 2.45) is 11.8 Å². The maximum Gasteiger partial charge on any atom is 0.407 e. The Morgan fingerprint density at radius 2 is 1.70 bits per heavy atom. The van der Waals surface area contributed by atoms with Crippen molar-refractivity contribution in [2.45, 2.75) is 32.1 Å². The lowest BCUT2D eigenvalue weighted by Crippen LogP contribution is -2.45. The van der Waals surface area contributed by atoms with Crippen molar-refractivity contribution in [1.29, 1.82) is 0 Å². The zero-order valence-electron chi connectivity index (χ0n) is 18.8. The minimum absolute atomic E-state index is 0.0000239. The second-order valence-electron chi connectivity index (χ2n) is 8.91. The van der Waals surface area contributed by atoms with Crippen molar-refractivity contribution >= 4 is 18.0 Å². The number of ether oxygens (including phenoxy) is 1. The Morgan fingerprint density at radius 3 is 2.30 bits per heavy atom. The number of fused-ring (bicyclic) bond motifs is 3. The van der Waals surface area contributed by atoms with Crippen LogP contribution in [0.5, 0.6) is 0 Å². The second kappa shape index (κ2) is 10.1. The van der Waals surface area contributed by atoms with E-state index in [9.17, 15) is 19.5 Å². The number of hydrogen-bond acceptors (Lipinski definition) is 4. The molecule has 174 valence electrons. The fourth-order valence-electron chi connectivity index (χ4n) is 4.98. The number of carbonyl (C=O) groups is 3. The molecule has 0 spiro atoms. The molecule has 0 radical (unpaired) electrons. The number of aliphatic carboxylic acids is 1. The average Bonchev–Trinajstić information content (AvgIpc) is 3.14. The Hall–Kier alpha value is -3.35. The van der Waals surface area contributed by atoms with Crippen LogP contribution in [-0.4, -0.2) is 54.2 Å². The fraction of sp³-hybridized carbons (Fsp3) is 0.423. The fourth-order valence-corrected chi connectivity index (χ4v) is 4.98. The Bertz CT molecular complexity index is 991. The molecule has 1 heterocycles. The third kappa shape index (κ3) is 5.02. The van der Waals surface area contributed by atoms with Crippen LogP contribution in [0.4, 0.5) is 4.79 Å². The number of benzene rings is 2. The number of nitrogens with one attached hydrogen (secondary N) is 1. The molecule has 33 heavy (non-hydrogen) atoms. The summed E-state index contributed by atoms with van der Waals surface area (Å²) < 4.78 is 5.51. The lowest BCUT2D eigenvalue weighted by atomic mass is 9.87. The summed E-state index contributed by atoms with van der Waals surface area (Å²) in [5.74, 6) is -1.22. The Labute approximate surface area is 193 Å². The summed E-state index contributed by atoms with van der Waals surface area (Å²) in [7, 11) is 0. The summed E-state index contributed by atoms with van der Waals surface area (Å²) in [6.07, 6.45) is 0.824. The van der Waals surface area contributed by atoms with Crippen LogP contribution >= 0.6 is 0 Å². The van der Waals surface area contributed by atoms with Crippen LogP contribution in [-0.2, 0) is 14.3 Å². The Morgan fingerprint density at radius 1 is 1.06 bits per heavy atom. The molecule has 0 bridgehead atoms. The quantitative estimate of drug-likeness (QED) is 0.624. The maximum atomic E-state index is 12.4. The molecule has 2 unspecified atom stereocenters. The summed E-state index contributed by atoms with van der Waals surface area (Å²) in [4.78, 5) is 37.6. The van der Waals surface area contributed by atoms with Crippen LogP contribution in [0.25, 0.3) is 11.1 Å². The highest BCUT2D eigenvalue weighted by molar-refractivity contribution is 5.79. The number of piperidine rings is 1. The molecule has 7 heteroatoms. The van der Waals surface area contributed by atoms with Gasteiger partial charge in [0.2, 0.25) is 5.91 Å². The van der Waals surface area contributed by atoms with Gasteiger partial charge in [-0.3, -0.25) is 9.59 Å². The molecule has 0 saturated carbocycles. The van der Waals surface area contributed by atoms with E-state index in [-0.39, 0.29) is 30.3 Å². The van der Waals surface area contributed by atoms with Crippen LogP contribution in [0.15, 0.2) is 48.5 Å². The molecule has 2 atom stereocenters. The first-order valence-corrected chi connectivity index (χ1v) is 11.5. The number of carbonyl (C=O) groups excluding carboxylic acids is 2. The number of carboxylic acid groups (broad SMARTS) is 1. The first-order valence-electron chi connectivity index (χ1n) is 11.5. The minimum Gasteiger partial charge on any atom is -0.481 e. The van der Waals surface area contributed by atoms with Crippen LogP contribution in [0.2, 0.25) is 0 Å². The molecule has 1 saturated heterocycles. The first-order chi connectivity index (χ1) is 16.0. The maximum absolute atomic E-state index is 12.4. The average molecular weight is 451 g/mol. The largest absolute Gasteiger partial charge is 0.481 e. The van der Waals surface area contributed by atoms with Crippen molar-refractivity contribution < 1.29 is 24.2 Å². The number of rotatable bonds is 7. The van der Waals surface area contributed by atoms with Gasteiger partial charge in [-0.15, -0.1) is 0 Å². The van der Waals surface area contributed by atoms with E-state index in [0.717, 1.165) is 11.1 Å². The van der Waals surface area contributed by atoms with Crippen LogP contribution in [0.3, 0.4) is 0 Å². The molecular formula is C26H30N2O5. The van der Waals surface area contributed by atoms with Gasteiger partial charge in [-0.05, 0) is 41.0 Å². The third-order valence-corrected chi connectivity index (χ3v) is 6.76. The topological polar surface area (TPSA) is 95.9 Å². The van der Waals surface area contributed by atoms with Gasteiger partial charge < -0.3 is 20.1 Å². The SMILES string of the molecule is CC1CN(C(=O)CCCNC(=O)OCC2c3ccccc3-c3ccccc32)CCC1C(=O)O. The van der Waals surface area contributed by atoms with E-state index < -0.39 is 12.1 Å². The molecule has 1 aliphatic heterocycles. The third-order valence-electron chi connectivity index (χ3n) is 6.76. The highest BCUT2D eigenvalue weighted by atomic mass is 16.5. The molecule has 2 amide bonds. The lowest BCUT2D eigenvalue weighted by Gasteiger charge is -2.35. The van der Waals surface area contributed by atoms with E-state index >= 15 is 0 Å². The number of nitrogens with zero attached hydrogens (tertiary/aromatic N) is 1. The van der Waals surface area contributed by atoms with Gasteiger partial charge in [-0.25, -0.2) is 4.79 Å². The predicted molar refractivity (Wildman–Crippen MR) is 124 cm³/mol. The molecule has 0 aromatic heterocycles. The Kier molecular flexibility index (Phi) is 6.96. The smallest absolute Gasteiger partial charge is 0.407 e. The van der Waals surface area contributed by atoms with Crippen molar-refractivity contribution in [3.05, 3.63) is 59.7 Å². The first kappa shape index (κ1) is 22.8.